The molecule has 2 aromatic rings. The Hall–Kier alpha value is -3.03. The quantitative estimate of drug-likeness (QED) is 0.625. The number of carbonyl (C=O) groups is 1. The number of aliphatic imine (C=N–C) groups is 1. The summed E-state index contributed by atoms with van der Waals surface area (Å²) in [7, 11) is 3.52. The SMILES string of the molecule is CCNC(=NCc1ccc(OC)c(C)c1)N1CCN(c2cnn(C)c2)C(=O)C1. The Morgan fingerprint density at radius 1 is 1.36 bits per heavy atom. The van der Waals surface area contributed by atoms with Gasteiger partial charge in [-0.05, 0) is 31.0 Å². The van der Waals surface area contributed by atoms with E-state index in [-0.39, 0.29) is 5.91 Å². The third-order valence-electron chi connectivity index (χ3n) is 4.73. The van der Waals surface area contributed by atoms with Gasteiger partial charge in [0.25, 0.3) is 0 Å². The second-order valence-corrected chi connectivity index (χ2v) is 6.81. The number of anilines is 1. The van der Waals surface area contributed by atoms with Gasteiger partial charge in [0.1, 0.15) is 12.3 Å². The number of hydrogen-bond donors (Lipinski definition) is 1. The molecule has 28 heavy (non-hydrogen) atoms. The van der Waals surface area contributed by atoms with Gasteiger partial charge in [-0.25, -0.2) is 4.99 Å². The van der Waals surface area contributed by atoms with Gasteiger partial charge in [-0.1, -0.05) is 12.1 Å². The summed E-state index contributed by atoms with van der Waals surface area (Å²) in [6.07, 6.45) is 3.58. The predicted octanol–water partition coefficient (Wildman–Crippen LogP) is 1.55. The van der Waals surface area contributed by atoms with Crippen molar-refractivity contribution in [1.29, 1.82) is 0 Å². The molecule has 1 aromatic heterocycles. The van der Waals surface area contributed by atoms with Crippen LogP contribution >= 0.6 is 0 Å². The van der Waals surface area contributed by atoms with E-state index in [1.54, 1.807) is 22.9 Å². The number of guanidine groups is 1. The molecule has 0 aliphatic carbocycles. The number of nitrogens with zero attached hydrogens (tertiary/aromatic N) is 5. The van der Waals surface area contributed by atoms with Gasteiger partial charge >= 0.3 is 0 Å². The first kappa shape index (κ1) is 19.7. The van der Waals surface area contributed by atoms with Gasteiger partial charge in [0.2, 0.25) is 5.91 Å². The van der Waals surface area contributed by atoms with Crippen molar-refractivity contribution in [2.24, 2.45) is 12.0 Å². The first-order valence-electron chi connectivity index (χ1n) is 9.47. The number of ether oxygens (including phenoxy) is 1. The van der Waals surface area contributed by atoms with Crippen molar-refractivity contribution < 1.29 is 9.53 Å². The molecule has 1 fully saturated rings. The van der Waals surface area contributed by atoms with E-state index in [1.807, 2.05) is 44.1 Å². The molecule has 3 rings (SSSR count). The molecule has 8 heteroatoms. The van der Waals surface area contributed by atoms with Crippen molar-refractivity contribution in [1.82, 2.24) is 20.0 Å². The normalized spacial score (nSPS) is 15.1. The van der Waals surface area contributed by atoms with Gasteiger partial charge in [0, 0.05) is 32.9 Å². The zero-order chi connectivity index (χ0) is 20.1. The van der Waals surface area contributed by atoms with E-state index in [4.69, 9.17) is 9.73 Å². The number of amides is 1. The number of hydrogen-bond acceptors (Lipinski definition) is 4. The molecule has 0 radical (unpaired) electrons. The van der Waals surface area contributed by atoms with Crippen molar-refractivity contribution in [2.45, 2.75) is 20.4 Å². The molecule has 0 spiro atoms. The van der Waals surface area contributed by atoms with Gasteiger partial charge in [0.15, 0.2) is 5.96 Å². The first-order chi connectivity index (χ1) is 13.5. The van der Waals surface area contributed by atoms with Crippen LogP contribution in [0.4, 0.5) is 5.69 Å². The average Bonchev–Trinajstić information content (AvgIpc) is 3.11. The zero-order valence-electron chi connectivity index (χ0n) is 17.0. The molecule has 0 atom stereocenters. The van der Waals surface area contributed by atoms with Crippen molar-refractivity contribution in [3.8, 4) is 5.75 Å². The Morgan fingerprint density at radius 3 is 2.79 bits per heavy atom. The molecule has 1 aliphatic rings. The molecule has 150 valence electrons. The van der Waals surface area contributed by atoms with E-state index in [1.165, 1.54) is 0 Å². The van der Waals surface area contributed by atoms with Crippen LogP contribution in [0.5, 0.6) is 5.75 Å². The second kappa shape index (κ2) is 8.77. The van der Waals surface area contributed by atoms with Gasteiger partial charge in [0.05, 0.1) is 25.5 Å². The van der Waals surface area contributed by atoms with E-state index in [2.05, 4.69) is 16.5 Å². The molecule has 0 unspecified atom stereocenters. The monoisotopic (exact) mass is 384 g/mol. The minimum Gasteiger partial charge on any atom is -0.496 e. The summed E-state index contributed by atoms with van der Waals surface area (Å²) in [4.78, 5) is 21.2. The lowest BCUT2D eigenvalue weighted by Crippen LogP contribution is -2.55. The van der Waals surface area contributed by atoms with Crippen LogP contribution in [0.3, 0.4) is 0 Å². The van der Waals surface area contributed by atoms with Crippen LogP contribution in [0.15, 0.2) is 35.6 Å². The topological polar surface area (TPSA) is 75.0 Å². The van der Waals surface area contributed by atoms with Crippen LogP contribution < -0.4 is 15.0 Å². The number of aryl methyl sites for hydroxylation is 2. The van der Waals surface area contributed by atoms with Crippen molar-refractivity contribution in [3.63, 3.8) is 0 Å². The van der Waals surface area contributed by atoms with Crippen LogP contribution in [0.25, 0.3) is 0 Å². The molecule has 8 nitrogen and oxygen atoms in total. The lowest BCUT2D eigenvalue weighted by atomic mass is 10.1. The number of nitrogens with one attached hydrogen (secondary N) is 1. The van der Waals surface area contributed by atoms with Gasteiger partial charge in [-0.15, -0.1) is 0 Å². The zero-order valence-corrected chi connectivity index (χ0v) is 17.0. The molecule has 1 N–H and O–H groups in total. The summed E-state index contributed by atoms with van der Waals surface area (Å²) in [6.45, 7) is 6.96. The molecular weight excluding hydrogens is 356 g/mol. The molecular formula is C20H28N6O2. The van der Waals surface area contributed by atoms with E-state index >= 15 is 0 Å². The van der Waals surface area contributed by atoms with Crippen molar-refractivity contribution >= 4 is 17.6 Å². The van der Waals surface area contributed by atoms with E-state index in [0.717, 1.165) is 35.1 Å². The Balaban J connectivity index is 1.69. The highest BCUT2D eigenvalue weighted by atomic mass is 16.5. The van der Waals surface area contributed by atoms with E-state index in [9.17, 15) is 4.79 Å². The lowest BCUT2D eigenvalue weighted by Gasteiger charge is -2.35. The molecule has 1 amide bonds. The summed E-state index contributed by atoms with van der Waals surface area (Å²) in [5.41, 5.74) is 3.03. The van der Waals surface area contributed by atoms with Crippen molar-refractivity contribution in [2.75, 3.05) is 38.2 Å². The van der Waals surface area contributed by atoms with E-state index < -0.39 is 0 Å². The number of rotatable bonds is 5. The maximum atomic E-state index is 12.7. The summed E-state index contributed by atoms with van der Waals surface area (Å²) in [5.74, 6) is 1.68. The van der Waals surface area contributed by atoms with Gasteiger partial charge in [-0.2, -0.15) is 5.10 Å². The smallest absolute Gasteiger partial charge is 0.246 e. The Bertz CT molecular complexity index is 860. The molecule has 2 heterocycles. The largest absolute Gasteiger partial charge is 0.496 e. The fraction of sp³-hybridized carbons (Fsp3) is 0.450. The number of carbonyl (C=O) groups excluding carboxylic acids is 1. The Labute approximate surface area is 165 Å². The number of piperazine rings is 1. The average molecular weight is 384 g/mol. The highest BCUT2D eigenvalue weighted by Gasteiger charge is 2.27. The number of benzene rings is 1. The summed E-state index contributed by atoms with van der Waals surface area (Å²) >= 11 is 0. The fourth-order valence-electron chi connectivity index (χ4n) is 3.31. The highest BCUT2D eigenvalue weighted by molar-refractivity contribution is 5.98. The summed E-state index contributed by atoms with van der Waals surface area (Å²) in [6, 6.07) is 6.06. The Morgan fingerprint density at radius 2 is 2.18 bits per heavy atom. The summed E-state index contributed by atoms with van der Waals surface area (Å²) in [5, 5.41) is 7.46. The molecule has 1 saturated heterocycles. The highest BCUT2D eigenvalue weighted by Crippen LogP contribution is 2.19. The van der Waals surface area contributed by atoms with Crippen LogP contribution in [-0.4, -0.2) is 59.8 Å². The number of methoxy groups -OCH3 is 1. The maximum Gasteiger partial charge on any atom is 0.246 e. The predicted molar refractivity (Wildman–Crippen MR) is 110 cm³/mol. The molecule has 1 aliphatic heterocycles. The second-order valence-electron chi connectivity index (χ2n) is 6.81. The summed E-state index contributed by atoms with van der Waals surface area (Å²) < 4.78 is 7.02. The van der Waals surface area contributed by atoms with Crippen LogP contribution in [0.1, 0.15) is 18.1 Å². The molecule has 0 bridgehead atoms. The van der Waals surface area contributed by atoms with Crippen molar-refractivity contribution in [3.05, 3.63) is 41.7 Å². The minimum absolute atomic E-state index is 0.0464. The van der Waals surface area contributed by atoms with Crippen LogP contribution in [0.2, 0.25) is 0 Å². The molecule has 1 aromatic carbocycles. The fourth-order valence-corrected chi connectivity index (χ4v) is 3.31. The first-order valence-corrected chi connectivity index (χ1v) is 9.47. The standard InChI is InChI=1S/C20H28N6O2/c1-5-21-20(22-11-16-6-7-18(28-4)15(2)10-16)25-8-9-26(19(27)14-25)17-12-23-24(3)13-17/h6-7,10,12-13H,5,8-9,11,14H2,1-4H3,(H,21,22). The minimum atomic E-state index is 0.0464. The van der Waals surface area contributed by atoms with E-state index in [0.29, 0.717) is 26.2 Å². The maximum absolute atomic E-state index is 12.7. The van der Waals surface area contributed by atoms with Gasteiger partial charge in [-0.3, -0.25) is 9.48 Å². The van der Waals surface area contributed by atoms with Gasteiger partial charge < -0.3 is 19.9 Å². The third kappa shape index (κ3) is 4.44. The third-order valence-corrected chi connectivity index (χ3v) is 4.73. The molecule has 0 saturated carbocycles. The van der Waals surface area contributed by atoms with Crippen LogP contribution in [0, 0.1) is 6.92 Å². The number of aromatic nitrogens is 2. The van der Waals surface area contributed by atoms with Crippen LogP contribution in [-0.2, 0) is 18.4 Å². The Kier molecular flexibility index (Phi) is 6.18. The lowest BCUT2D eigenvalue weighted by molar-refractivity contribution is -0.120.